The van der Waals surface area contributed by atoms with Crippen LogP contribution in [0.2, 0.25) is 0 Å². The zero-order valence-corrected chi connectivity index (χ0v) is 12.8. The van der Waals surface area contributed by atoms with Gasteiger partial charge in [0.25, 0.3) is 10.0 Å². The molecule has 1 aromatic rings. The van der Waals surface area contributed by atoms with E-state index in [4.69, 9.17) is 9.47 Å². The Morgan fingerprint density at radius 1 is 1.37 bits per heavy atom. The third kappa shape index (κ3) is 3.35. The minimum Gasteiger partial charge on any atom is -0.382 e. The number of hydrogen-bond donors (Lipinski definition) is 0. The molecule has 2 heterocycles. The molecule has 0 atom stereocenters. The monoisotopic (exact) mass is 305 g/mol. The van der Waals surface area contributed by atoms with Crippen molar-refractivity contribution in [2.75, 3.05) is 33.4 Å². The Labute approximate surface area is 118 Å². The zero-order chi connectivity index (χ0) is 13.9. The summed E-state index contributed by atoms with van der Waals surface area (Å²) >= 11 is 1.35. The molecule has 5 nitrogen and oxygen atoms in total. The fraction of sp³-hybridized carbons (Fsp3) is 0.667. The minimum absolute atomic E-state index is 0.00414. The summed E-state index contributed by atoms with van der Waals surface area (Å²) in [7, 11) is -1.70. The van der Waals surface area contributed by atoms with Gasteiger partial charge < -0.3 is 9.47 Å². The second-order valence-corrected chi connectivity index (χ2v) is 7.72. The van der Waals surface area contributed by atoms with Crippen LogP contribution >= 0.6 is 11.3 Å². The van der Waals surface area contributed by atoms with Crippen LogP contribution in [-0.2, 0) is 25.9 Å². The highest BCUT2D eigenvalue weighted by molar-refractivity contribution is 7.91. The molecule has 0 N–H and O–H groups in total. The summed E-state index contributed by atoms with van der Waals surface area (Å²) in [5, 5.41) is 0. The standard InChI is InChI=1S/C12H19NO4S2/c1-3-11-4-5-12(18-11)19(14,15)13-8-10(9-13)17-7-6-16-2/h4-5,10H,3,6-9H2,1-2H3. The predicted molar refractivity (Wildman–Crippen MR) is 74.1 cm³/mol. The molecule has 1 aliphatic heterocycles. The molecule has 7 heteroatoms. The molecule has 1 aromatic heterocycles. The summed E-state index contributed by atoms with van der Waals surface area (Å²) in [6.07, 6.45) is 0.860. The number of ether oxygens (including phenoxy) is 2. The molecule has 0 spiro atoms. The second kappa shape index (κ2) is 6.32. The zero-order valence-electron chi connectivity index (χ0n) is 11.2. The summed E-state index contributed by atoms with van der Waals surface area (Å²) in [5.41, 5.74) is 0. The SMILES string of the molecule is CCc1ccc(S(=O)(=O)N2CC(OCCOC)C2)s1. The van der Waals surface area contributed by atoms with E-state index in [0.717, 1.165) is 11.3 Å². The van der Waals surface area contributed by atoms with E-state index in [9.17, 15) is 8.42 Å². The van der Waals surface area contributed by atoms with Crippen LogP contribution in [0.3, 0.4) is 0 Å². The van der Waals surface area contributed by atoms with Crippen molar-refractivity contribution in [1.29, 1.82) is 0 Å². The van der Waals surface area contributed by atoms with Crippen molar-refractivity contribution in [3.63, 3.8) is 0 Å². The quantitative estimate of drug-likeness (QED) is 0.714. The third-order valence-electron chi connectivity index (χ3n) is 3.04. The van der Waals surface area contributed by atoms with E-state index in [1.807, 2.05) is 13.0 Å². The molecule has 108 valence electrons. The number of sulfonamides is 1. The fourth-order valence-electron chi connectivity index (χ4n) is 1.81. The molecule has 0 bridgehead atoms. The molecule has 2 rings (SSSR count). The first kappa shape index (κ1) is 14.9. The van der Waals surface area contributed by atoms with Crippen molar-refractivity contribution in [2.24, 2.45) is 0 Å². The Morgan fingerprint density at radius 2 is 2.11 bits per heavy atom. The highest BCUT2D eigenvalue weighted by Crippen LogP contribution is 2.28. The van der Waals surface area contributed by atoms with Crippen LogP contribution in [0.4, 0.5) is 0 Å². The van der Waals surface area contributed by atoms with Gasteiger partial charge in [0, 0.05) is 25.1 Å². The van der Waals surface area contributed by atoms with Gasteiger partial charge in [0.15, 0.2) is 0 Å². The maximum Gasteiger partial charge on any atom is 0.252 e. The smallest absolute Gasteiger partial charge is 0.252 e. The Kier molecular flexibility index (Phi) is 4.97. The second-order valence-electron chi connectivity index (χ2n) is 4.38. The van der Waals surface area contributed by atoms with Gasteiger partial charge in [0.05, 0.1) is 19.3 Å². The molecule has 1 saturated heterocycles. The number of thiophene rings is 1. The summed E-state index contributed by atoms with van der Waals surface area (Å²) in [6, 6.07) is 3.57. The minimum atomic E-state index is -3.31. The maximum atomic E-state index is 12.3. The molecule has 0 aromatic carbocycles. The molecule has 1 aliphatic rings. The molecule has 0 aliphatic carbocycles. The van der Waals surface area contributed by atoms with E-state index < -0.39 is 10.0 Å². The van der Waals surface area contributed by atoms with Gasteiger partial charge in [-0.2, -0.15) is 4.31 Å². The Balaban J connectivity index is 1.89. The van der Waals surface area contributed by atoms with Crippen molar-refractivity contribution in [1.82, 2.24) is 4.31 Å². The van der Waals surface area contributed by atoms with Gasteiger partial charge in [-0.15, -0.1) is 11.3 Å². The van der Waals surface area contributed by atoms with Crippen molar-refractivity contribution in [3.8, 4) is 0 Å². The molecule has 0 unspecified atom stereocenters. The first-order chi connectivity index (χ1) is 9.07. The Hall–Kier alpha value is -0.470. The van der Waals surface area contributed by atoms with Gasteiger partial charge in [-0.05, 0) is 18.6 Å². The van der Waals surface area contributed by atoms with E-state index in [1.54, 1.807) is 13.2 Å². The van der Waals surface area contributed by atoms with E-state index in [0.29, 0.717) is 30.5 Å². The molecule has 19 heavy (non-hydrogen) atoms. The third-order valence-corrected chi connectivity index (χ3v) is 6.56. The van der Waals surface area contributed by atoms with Gasteiger partial charge in [0.1, 0.15) is 4.21 Å². The van der Waals surface area contributed by atoms with Gasteiger partial charge >= 0.3 is 0 Å². The highest BCUT2D eigenvalue weighted by atomic mass is 32.2. The van der Waals surface area contributed by atoms with Crippen LogP contribution in [0.25, 0.3) is 0 Å². The van der Waals surface area contributed by atoms with Gasteiger partial charge in [-0.25, -0.2) is 8.42 Å². The highest BCUT2D eigenvalue weighted by Gasteiger charge is 2.37. The largest absolute Gasteiger partial charge is 0.382 e. The van der Waals surface area contributed by atoms with Gasteiger partial charge in [-0.1, -0.05) is 6.92 Å². The normalized spacial score (nSPS) is 17.6. The summed E-state index contributed by atoms with van der Waals surface area (Å²) in [5.74, 6) is 0. The van der Waals surface area contributed by atoms with Crippen molar-refractivity contribution in [3.05, 3.63) is 17.0 Å². The van der Waals surface area contributed by atoms with Crippen molar-refractivity contribution in [2.45, 2.75) is 23.7 Å². The number of rotatable bonds is 7. The van der Waals surface area contributed by atoms with Crippen LogP contribution in [0.15, 0.2) is 16.3 Å². The number of hydrogen-bond acceptors (Lipinski definition) is 5. The van der Waals surface area contributed by atoms with Crippen LogP contribution in [0.1, 0.15) is 11.8 Å². The maximum absolute atomic E-state index is 12.3. The van der Waals surface area contributed by atoms with Crippen LogP contribution < -0.4 is 0 Å². The molecule has 0 radical (unpaired) electrons. The Morgan fingerprint density at radius 3 is 2.68 bits per heavy atom. The lowest BCUT2D eigenvalue weighted by Gasteiger charge is -2.37. The number of methoxy groups -OCH3 is 1. The Bertz CT molecular complexity index is 506. The summed E-state index contributed by atoms with van der Waals surface area (Å²) in [4.78, 5) is 1.09. The first-order valence-electron chi connectivity index (χ1n) is 6.27. The fourth-order valence-corrected chi connectivity index (χ4v) is 4.77. The lowest BCUT2D eigenvalue weighted by atomic mass is 10.2. The van der Waals surface area contributed by atoms with Gasteiger partial charge in [-0.3, -0.25) is 0 Å². The van der Waals surface area contributed by atoms with Crippen LogP contribution in [-0.4, -0.2) is 52.2 Å². The van der Waals surface area contributed by atoms with E-state index in [-0.39, 0.29) is 6.10 Å². The number of nitrogens with zero attached hydrogens (tertiary/aromatic N) is 1. The first-order valence-corrected chi connectivity index (χ1v) is 8.53. The molecule has 0 amide bonds. The average Bonchev–Trinajstić information content (AvgIpc) is 2.81. The summed E-state index contributed by atoms with van der Waals surface area (Å²) in [6.45, 7) is 3.93. The van der Waals surface area contributed by atoms with E-state index in [1.165, 1.54) is 15.6 Å². The molecule has 1 fully saturated rings. The molecular formula is C12H19NO4S2. The van der Waals surface area contributed by atoms with E-state index in [2.05, 4.69) is 0 Å². The molecule has 0 saturated carbocycles. The lowest BCUT2D eigenvalue weighted by molar-refractivity contribution is -0.0379. The van der Waals surface area contributed by atoms with Gasteiger partial charge in [0.2, 0.25) is 0 Å². The predicted octanol–water partition coefficient (Wildman–Crippen LogP) is 1.35. The lowest BCUT2D eigenvalue weighted by Crippen LogP contribution is -2.54. The topological polar surface area (TPSA) is 55.8 Å². The van der Waals surface area contributed by atoms with Crippen molar-refractivity contribution >= 4 is 21.4 Å². The van der Waals surface area contributed by atoms with Crippen LogP contribution in [0.5, 0.6) is 0 Å². The molecular weight excluding hydrogens is 286 g/mol. The van der Waals surface area contributed by atoms with Crippen LogP contribution in [0, 0.1) is 0 Å². The average molecular weight is 305 g/mol. The van der Waals surface area contributed by atoms with E-state index >= 15 is 0 Å². The summed E-state index contributed by atoms with van der Waals surface area (Å²) < 4.78 is 36.8. The number of aryl methyl sites for hydroxylation is 1. The van der Waals surface area contributed by atoms with Crippen molar-refractivity contribution < 1.29 is 17.9 Å².